The SMILES string of the molecule is CC1(C)C2CC=C(CN3CCCC3CO)C1C2. The van der Waals surface area contributed by atoms with Crippen molar-refractivity contribution < 1.29 is 5.11 Å². The largest absolute Gasteiger partial charge is 0.395 e. The Balaban J connectivity index is 1.68. The van der Waals surface area contributed by atoms with Gasteiger partial charge >= 0.3 is 0 Å². The fourth-order valence-electron chi connectivity index (χ4n) is 4.20. The first kappa shape index (κ1) is 11.7. The van der Waals surface area contributed by atoms with Crippen molar-refractivity contribution in [1.29, 1.82) is 0 Å². The minimum atomic E-state index is 0.337. The van der Waals surface area contributed by atoms with E-state index < -0.39 is 0 Å². The first-order chi connectivity index (χ1) is 8.13. The number of fused-ring (bicyclic) bond motifs is 1. The second-order valence-corrected chi connectivity index (χ2v) is 6.77. The van der Waals surface area contributed by atoms with Crippen LogP contribution in [0.2, 0.25) is 0 Å². The van der Waals surface area contributed by atoms with Gasteiger partial charge in [-0.05, 0) is 49.5 Å². The van der Waals surface area contributed by atoms with Crippen LogP contribution < -0.4 is 0 Å². The fraction of sp³-hybridized carbons (Fsp3) is 0.867. The standard InChI is InChI=1S/C15H25NO/c1-15(2)12-6-5-11(14(15)8-12)9-16-7-3-4-13(16)10-17/h5,12-14,17H,3-4,6-10H2,1-2H3. The maximum Gasteiger partial charge on any atom is 0.0587 e. The number of hydrogen-bond acceptors (Lipinski definition) is 2. The van der Waals surface area contributed by atoms with E-state index in [9.17, 15) is 5.11 Å². The van der Waals surface area contributed by atoms with Crippen LogP contribution in [0.25, 0.3) is 0 Å². The van der Waals surface area contributed by atoms with E-state index in [0.29, 0.717) is 18.1 Å². The molecule has 0 amide bonds. The highest BCUT2D eigenvalue weighted by atomic mass is 16.3. The quantitative estimate of drug-likeness (QED) is 0.760. The van der Waals surface area contributed by atoms with Gasteiger partial charge < -0.3 is 5.11 Å². The molecule has 0 aromatic rings. The number of aliphatic hydroxyl groups excluding tert-OH is 1. The number of hydrogen-bond donors (Lipinski definition) is 1. The van der Waals surface area contributed by atoms with Crippen molar-refractivity contribution in [3.63, 3.8) is 0 Å². The summed E-state index contributed by atoms with van der Waals surface area (Å²) in [7, 11) is 0. The van der Waals surface area contributed by atoms with Crippen molar-refractivity contribution in [1.82, 2.24) is 4.90 Å². The number of allylic oxidation sites excluding steroid dienone is 1. The molecule has 2 fully saturated rings. The van der Waals surface area contributed by atoms with Crippen LogP contribution >= 0.6 is 0 Å². The molecule has 0 aromatic carbocycles. The van der Waals surface area contributed by atoms with Gasteiger partial charge in [0.15, 0.2) is 0 Å². The molecule has 3 unspecified atom stereocenters. The van der Waals surface area contributed by atoms with Gasteiger partial charge in [0, 0.05) is 12.6 Å². The normalized spacial score (nSPS) is 39.9. The maximum atomic E-state index is 9.38. The molecule has 4 aliphatic rings. The van der Waals surface area contributed by atoms with Crippen LogP contribution in [0.1, 0.15) is 39.5 Å². The molecule has 3 atom stereocenters. The Morgan fingerprint density at radius 1 is 1.47 bits per heavy atom. The lowest BCUT2D eigenvalue weighted by atomic mass is 9.49. The second-order valence-electron chi connectivity index (χ2n) is 6.77. The summed E-state index contributed by atoms with van der Waals surface area (Å²) in [5.74, 6) is 1.75. The molecule has 1 heterocycles. The van der Waals surface area contributed by atoms with Crippen LogP contribution in [0.4, 0.5) is 0 Å². The molecule has 1 saturated carbocycles. The van der Waals surface area contributed by atoms with Crippen LogP contribution in [0.3, 0.4) is 0 Å². The van der Waals surface area contributed by atoms with Gasteiger partial charge in [-0.15, -0.1) is 0 Å². The zero-order chi connectivity index (χ0) is 12.0. The van der Waals surface area contributed by atoms with E-state index in [1.165, 1.54) is 32.2 Å². The molecule has 96 valence electrons. The molecule has 1 N–H and O–H groups in total. The Bertz CT molecular complexity index is 334. The van der Waals surface area contributed by atoms with Gasteiger partial charge in [-0.3, -0.25) is 4.90 Å². The van der Waals surface area contributed by atoms with Crippen molar-refractivity contribution in [3.8, 4) is 0 Å². The second kappa shape index (κ2) is 4.10. The molecule has 0 radical (unpaired) electrons. The number of likely N-dealkylation sites (tertiary alicyclic amines) is 1. The molecule has 2 heteroatoms. The van der Waals surface area contributed by atoms with Crippen molar-refractivity contribution in [2.75, 3.05) is 19.7 Å². The summed E-state index contributed by atoms with van der Waals surface area (Å²) in [5.41, 5.74) is 2.20. The summed E-state index contributed by atoms with van der Waals surface area (Å²) in [6.45, 7) is 7.51. The molecule has 3 aliphatic carbocycles. The zero-order valence-corrected chi connectivity index (χ0v) is 11.2. The summed E-state index contributed by atoms with van der Waals surface area (Å²) in [5, 5.41) is 9.38. The van der Waals surface area contributed by atoms with E-state index in [4.69, 9.17) is 0 Å². The van der Waals surface area contributed by atoms with Crippen molar-refractivity contribution in [2.45, 2.75) is 45.6 Å². The minimum Gasteiger partial charge on any atom is -0.395 e. The summed E-state index contributed by atoms with van der Waals surface area (Å²) in [6.07, 6.45) is 7.64. The minimum absolute atomic E-state index is 0.337. The van der Waals surface area contributed by atoms with Crippen molar-refractivity contribution in [3.05, 3.63) is 11.6 Å². The van der Waals surface area contributed by atoms with Gasteiger partial charge in [0.25, 0.3) is 0 Å². The number of nitrogens with zero attached hydrogens (tertiary/aromatic N) is 1. The monoisotopic (exact) mass is 235 g/mol. The average molecular weight is 235 g/mol. The summed E-state index contributed by atoms with van der Waals surface area (Å²) in [6, 6.07) is 0.428. The Hall–Kier alpha value is -0.340. The molecule has 1 aliphatic heterocycles. The van der Waals surface area contributed by atoms with E-state index in [2.05, 4.69) is 24.8 Å². The number of aliphatic hydroxyl groups is 1. The highest BCUT2D eigenvalue weighted by Gasteiger charge is 2.51. The lowest BCUT2D eigenvalue weighted by Gasteiger charge is -2.57. The van der Waals surface area contributed by atoms with Gasteiger partial charge in [-0.1, -0.05) is 25.5 Å². The van der Waals surface area contributed by atoms with Gasteiger partial charge in [0.2, 0.25) is 0 Å². The first-order valence-corrected chi connectivity index (χ1v) is 7.16. The van der Waals surface area contributed by atoms with Gasteiger partial charge in [-0.2, -0.15) is 0 Å². The molecule has 1 saturated heterocycles. The lowest BCUT2D eigenvalue weighted by molar-refractivity contribution is -0.0116. The van der Waals surface area contributed by atoms with E-state index in [-0.39, 0.29) is 0 Å². The lowest BCUT2D eigenvalue weighted by Crippen LogP contribution is -2.50. The molecule has 0 aromatic heterocycles. The van der Waals surface area contributed by atoms with Crippen LogP contribution in [0.5, 0.6) is 0 Å². The highest BCUT2D eigenvalue weighted by molar-refractivity contribution is 5.24. The third-order valence-electron chi connectivity index (χ3n) is 5.68. The smallest absolute Gasteiger partial charge is 0.0587 e. The molecule has 17 heavy (non-hydrogen) atoms. The average Bonchev–Trinajstić information content (AvgIpc) is 2.76. The Kier molecular flexibility index (Phi) is 2.83. The third-order valence-corrected chi connectivity index (χ3v) is 5.68. The topological polar surface area (TPSA) is 23.5 Å². The van der Waals surface area contributed by atoms with E-state index >= 15 is 0 Å². The van der Waals surface area contributed by atoms with E-state index in [0.717, 1.165) is 18.4 Å². The van der Waals surface area contributed by atoms with Crippen molar-refractivity contribution >= 4 is 0 Å². The van der Waals surface area contributed by atoms with Crippen molar-refractivity contribution in [2.24, 2.45) is 17.3 Å². The molecule has 2 bridgehead atoms. The first-order valence-electron chi connectivity index (χ1n) is 7.16. The predicted octanol–water partition coefficient (Wildman–Crippen LogP) is 2.44. The van der Waals surface area contributed by atoms with E-state index in [1.54, 1.807) is 5.57 Å². The Morgan fingerprint density at radius 3 is 2.94 bits per heavy atom. The summed E-state index contributed by atoms with van der Waals surface area (Å²) < 4.78 is 0. The molecular formula is C15H25NO. The maximum absolute atomic E-state index is 9.38. The van der Waals surface area contributed by atoms with Crippen LogP contribution in [-0.4, -0.2) is 35.7 Å². The number of rotatable bonds is 3. The molecule has 0 spiro atoms. The zero-order valence-electron chi connectivity index (χ0n) is 11.2. The molecule has 4 rings (SSSR count). The van der Waals surface area contributed by atoms with Gasteiger partial charge in [0.1, 0.15) is 0 Å². The Morgan fingerprint density at radius 2 is 2.29 bits per heavy atom. The highest BCUT2D eigenvalue weighted by Crippen LogP contribution is 2.59. The summed E-state index contributed by atoms with van der Waals surface area (Å²) in [4.78, 5) is 2.50. The predicted molar refractivity (Wildman–Crippen MR) is 69.8 cm³/mol. The fourth-order valence-corrected chi connectivity index (χ4v) is 4.20. The van der Waals surface area contributed by atoms with Gasteiger partial charge in [0.05, 0.1) is 6.61 Å². The molecular weight excluding hydrogens is 210 g/mol. The van der Waals surface area contributed by atoms with Crippen LogP contribution in [0.15, 0.2) is 11.6 Å². The van der Waals surface area contributed by atoms with Crippen LogP contribution in [-0.2, 0) is 0 Å². The third kappa shape index (κ3) is 1.77. The Labute approximate surface area is 105 Å². The molecule has 2 nitrogen and oxygen atoms in total. The summed E-state index contributed by atoms with van der Waals surface area (Å²) >= 11 is 0. The van der Waals surface area contributed by atoms with Gasteiger partial charge in [-0.25, -0.2) is 0 Å². The van der Waals surface area contributed by atoms with E-state index in [1.807, 2.05) is 0 Å². The van der Waals surface area contributed by atoms with Crippen LogP contribution in [0, 0.1) is 17.3 Å².